The molecule has 1 aliphatic heterocycles. The number of halogens is 1. The van der Waals surface area contributed by atoms with Gasteiger partial charge in [-0.2, -0.15) is 0 Å². The maximum absolute atomic E-state index is 16.0. The van der Waals surface area contributed by atoms with Crippen LogP contribution < -0.4 is 10.5 Å². The van der Waals surface area contributed by atoms with E-state index in [-0.39, 0.29) is 17.0 Å². The fourth-order valence-corrected chi connectivity index (χ4v) is 4.60. The maximum atomic E-state index is 16.0. The smallest absolute Gasteiger partial charge is 0.254 e. The quantitative estimate of drug-likeness (QED) is 0.519. The van der Waals surface area contributed by atoms with Crippen molar-refractivity contribution >= 4 is 11.8 Å². The molecule has 168 valence electrons. The van der Waals surface area contributed by atoms with Crippen LogP contribution in [0.2, 0.25) is 0 Å². The van der Waals surface area contributed by atoms with Crippen LogP contribution in [0.15, 0.2) is 48.5 Å². The number of amides is 2. The number of ether oxygens (including phenoxy) is 2. The van der Waals surface area contributed by atoms with Gasteiger partial charge in [0.2, 0.25) is 5.91 Å². The van der Waals surface area contributed by atoms with Gasteiger partial charge in [-0.3, -0.25) is 9.59 Å². The number of hydrogen-bond acceptors (Lipinski definition) is 4. The van der Waals surface area contributed by atoms with Crippen LogP contribution in [0.3, 0.4) is 0 Å². The number of primary amides is 1. The third kappa shape index (κ3) is 3.64. The van der Waals surface area contributed by atoms with Crippen molar-refractivity contribution in [3.05, 3.63) is 76.6 Å². The number of rotatable bonds is 4. The first-order chi connectivity index (χ1) is 16.0. The Bertz CT molecular complexity index is 1260. The Hall–Kier alpha value is -3.71. The molecule has 0 atom stereocenters. The van der Waals surface area contributed by atoms with Gasteiger partial charge < -0.3 is 20.1 Å². The lowest BCUT2D eigenvalue weighted by atomic mass is 9.92. The van der Waals surface area contributed by atoms with Crippen molar-refractivity contribution in [3.63, 3.8) is 0 Å². The largest absolute Gasteiger partial charge is 0.497 e. The predicted molar refractivity (Wildman–Crippen MR) is 122 cm³/mol. The molecule has 7 heteroatoms. The topological polar surface area (TPSA) is 81.9 Å². The van der Waals surface area contributed by atoms with Gasteiger partial charge in [0, 0.05) is 35.3 Å². The molecule has 0 saturated carbocycles. The first kappa shape index (κ1) is 21.2. The second-order valence-corrected chi connectivity index (χ2v) is 8.19. The molecule has 1 saturated heterocycles. The molecule has 1 fully saturated rings. The summed E-state index contributed by atoms with van der Waals surface area (Å²) >= 11 is 0. The minimum Gasteiger partial charge on any atom is -0.497 e. The number of fused-ring (bicyclic) bond motifs is 3. The number of carbonyl (C=O) groups excluding carboxylic acids is 2. The molecule has 2 N–H and O–H groups in total. The molecule has 1 aliphatic carbocycles. The lowest BCUT2D eigenvalue weighted by Gasteiger charge is -2.27. The maximum Gasteiger partial charge on any atom is 0.254 e. The SMILES string of the molecule is COc1ccc(-c2cc(C(N)=O)c3c(c2F)-c2cc(C(=O)N4CCOCC4)ccc2C3)cc1. The van der Waals surface area contributed by atoms with Gasteiger partial charge in [0.15, 0.2) is 0 Å². The third-order valence-corrected chi connectivity index (χ3v) is 6.33. The second-order valence-electron chi connectivity index (χ2n) is 8.19. The van der Waals surface area contributed by atoms with Crippen LogP contribution in [0.25, 0.3) is 22.3 Å². The fraction of sp³-hybridized carbons (Fsp3) is 0.231. The highest BCUT2D eigenvalue weighted by molar-refractivity contribution is 6.02. The molecule has 0 unspecified atom stereocenters. The lowest BCUT2D eigenvalue weighted by Crippen LogP contribution is -2.40. The van der Waals surface area contributed by atoms with E-state index in [1.165, 1.54) is 6.07 Å². The molecule has 0 aromatic heterocycles. The van der Waals surface area contributed by atoms with Gasteiger partial charge in [-0.15, -0.1) is 0 Å². The van der Waals surface area contributed by atoms with Crippen LogP contribution in [-0.4, -0.2) is 50.1 Å². The number of nitrogens with zero attached hydrogens (tertiary/aromatic N) is 1. The van der Waals surface area contributed by atoms with Gasteiger partial charge in [-0.1, -0.05) is 18.2 Å². The van der Waals surface area contributed by atoms with Crippen molar-refractivity contribution < 1.29 is 23.5 Å². The Morgan fingerprint density at radius 1 is 1.03 bits per heavy atom. The number of carbonyl (C=O) groups is 2. The Labute approximate surface area is 190 Å². The number of morpholine rings is 1. The van der Waals surface area contributed by atoms with Crippen molar-refractivity contribution in [1.29, 1.82) is 0 Å². The van der Waals surface area contributed by atoms with E-state index in [4.69, 9.17) is 15.2 Å². The van der Waals surface area contributed by atoms with Crippen LogP contribution in [0, 0.1) is 5.82 Å². The van der Waals surface area contributed by atoms with Crippen LogP contribution >= 0.6 is 0 Å². The van der Waals surface area contributed by atoms with Crippen molar-refractivity contribution in [2.45, 2.75) is 6.42 Å². The molecular formula is C26H23FN2O4. The van der Waals surface area contributed by atoms with E-state index in [2.05, 4.69) is 0 Å². The first-order valence-electron chi connectivity index (χ1n) is 10.8. The molecule has 33 heavy (non-hydrogen) atoms. The highest BCUT2D eigenvalue weighted by Gasteiger charge is 2.30. The average Bonchev–Trinajstić information content (AvgIpc) is 3.23. The molecule has 6 nitrogen and oxygen atoms in total. The van der Waals surface area contributed by atoms with E-state index < -0.39 is 11.7 Å². The van der Waals surface area contributed by atoms with E-state index in [0.29, 0.717) is 66.3 Å². The van der Waals surface area contributed by atoms with Crippen molar-refractivity contribution in [3.8, 4) is 28.0 Å². The number of hydrogen-bond donors (Lipinski definition) is 1. The summed E-state index contributed by atoms with van der Waals surface area (Å²) in [4.78, 5) is 27.0. The Morgan fingerprint density at radius 3 is 2.42 bits per heavy atom. The molecule has 3 aromatic rings. The third-order valence-electron chi connectivity index (χ3n) is 6.33. The van der Waals surface area contributed by atoms with Crippen molar-refractivity contribution in [2.24, 2.45) is 5.73 Å². The van der Waals surface area contributed by atoms with E-state index in [9.17, 15) is 9.59 Å². The number of nitrogens with two attached hydrogens (primary N) is 1. The summed E-state index contributed by atoms with van der Waals surface area (Å²) in [5.74, 6) is -0.517. The number of methoxy groups -OCH3 is 1. The van der Waals surface area contributed by atoms with E-state index in [1.54, 1.807) is 48.4 Å². The molecular weight excluding hydrogens is 423 g/mol. The Balaban J connectivity index is 1.63. The molecule has 5 rings (SSSR count). The fourth-order valence-electron chi connectivity index (χ4n) is 4.60. The summed E-state index contributed by atoms with van der Waals surface area (Å²) in [5.41, 5.74) is 9.72. The summed E-state index contributed by atoms with van der Waals surface area (Å²) in [6.07, 6.45) is 0.384. The van der Waals surface area contributed by atoms with E-state index in [1.807, 2.05) is 6.07 Å². The van der Waals surface area contributed by atoms with Crippen LogP contribution in [0.5, 0.6) is 5.75 Å². The normalized spacial score (nSPS) is 14.5. The Kier molecular flexibility index (Phi) is 5.34. The van der Waals surface area contributed by atoms with Crippen LogP contribution in [0.4, 0.5) is 4.39 Å². The molecule has 0 radical (unpaired) electrons. The van der Waals surface area contributed by atoms with Gasteiger partial charge in [0.05, 0.1) is 20.3 Å². The van der Waals surface area contributed by atoms with Crippen LogP contribution in [-0.2, 0) is 11.2 Å². The Morgan fingerprint density at radius 2 is 1.76 bits per heavy atom. The van der Waals surface area contributed by atoms with Gasteiger partial charge in [-0.25, -0.2) is 4.39 Å². The minimum absolute atomic E-state index is 0.114. The summed E-state index contributed by atoms with van der Waals surface area (Å²) in [6, 6.07) is 13.8. The summed E-state index contributed by atoms with van der Waals surface area (Å²) in [7, 11) is 1.56. The predicted octanol–water partition coefficient (Wildman–Crippen LogP) is 3.64. The van der Waals surface area contributed by atoms with E-state index in [0.717, 1.165) is 5.56 Å². The monoisotopic (exact) mass is 446 g/mol. The van der Waals surface area contributed by atoms with Gasteiger partial charge in [0.1, 0.15) is 11.6 Å². The highest BCUT2D eigenvalue weighted by Crippen LogP contribution is 2.44. The van der Waals surface area contributed by atoms with E-state index >= 15 is 4.39 Å². The standard InChI is InChI=1S/C26H23FN2O4/c1-32-18-6-4-15(5-7-18)20-14-22(25(28)30)21-12-16-2-3-17(13-19(16)23(21)24(20)27)26(31)29-8-10-33-11-9-29/h2-7,13-14H,8-12H2,1H3,(H2,28,30). The second kappa shape index (κ2) is 8.33. The van der Waals surface area contributed by atoms with Crippen molar-refractivity contribution in [1.82, 2.24) is 4.90 Å². The van der Waals surface area contributed by atoms with Gasteiger partial charge >= 0.3 is 0 Å². The summed E-state index contributed by atoms with van der Waals surface area (Å²) < 4.78 is 26.5. The molecule has 2 aliphatic rings. The molecule has 2 amide bonds. The summed E-state index contributed by atoms with van der Waals surface area (Å²) in [5, 5.41) is 0. The highest BCUT2D eigenvalue weighted by atomic mass is 19.1. The zero-order chi connectivity index (χ0) is 23.1. The van der Waals surface area contributed by atoms with Gasteiger partial charge in [0.25, 0.3) is 5.91 Å². The molecule has 3 aromatic carbocycles. The molecule has 0 bridgehead atoms. The number of benzene rings is 3. The van der Waals surface area contributed by atoms with Gasteiger partial charge in [-0.05, 0) is 59.0 Å². The average molecular weight is 446 g/mol. The van der Waals surface area contributed by atoms with Crippen molar-refractivity contribution in [2.75, 3.05) is 33.4 Å². The zero-order valence-corrected chi connectivity index (χ0v) is 18.2. The zero-order valence-electron chi connectivity index (χ0n) is 18.2. The molecule has 1 heterocycles. The minimum atomic E-state index is -0.613. The summed E-state index contributed by atoms with van der Waals surface area (Å²) in [6.45, 7) is 2.05. The molecule has 0 spiro atoms. The lowest BCUT2D eigenvalue weighted by molar-refractivity contribution is 0.0303. The van der Waals surface area contributed by atoms with Crippen LogP contribution in [0.1, 0.15) is 31.8 Å². The first-order valence-corrected chi connectivity index (χ1v) is 10.8.